The lowest BCUT2D eigenvalue weighted by molar-refractivity contribution is -0.131. The summed E-state index contributed by atoms with van der Waals surface area (Å²) in [6, 6.07) is 12.3. The number of aliphatic carboxylic acids is 1. The summed E-state index contributed by atoms with van der Waals surface area (Å²) in [5.41, 5.74) is 1.02. The maximum absolute atomic E-state index is 12.9. The van der Waals surface area contributed by atoms with Crippen LogP contribution in [-0.4, -0.2) is 28.1 Å². The van der Waals surface area contributed by atoms with Gasteiger partial charge in [-0.25, -0.2) is 9.18 Å². The van der Waals surface area contributed by atoms with Gasteiger partial charge in [-0.3, -0.25) is 9.59 Å². The zero-order valence-electron chi connectivity index (χ0n) is 14.3. The SMILES string of the molecule is CC(Sc1ccc(NC(=O)/C=C/C(=O)O)cc1)C(=O)Nc1ccc(F)cc1. The molecule has 140 valence electrons. The van der Waals surface area contributed by atoms with E-state index in [2.05, 4.69) is 10.6 Å². The third-order valence-electron chi connectivity index (χ3n) is 3.29. The van der Waals surface area contributed by atoms with Gasteiger partial charge in [-0.05, 0) is 55.5 Å². The second-order valence-corrected chi connectivity index (χ2v) is 6.86. The maximum atomic E-state index is 12.9. The van der Waals surface area contributed by atoms with Gasteiger partial charge >= 0.3 is 5.97 Å². The van der Waals surface area contributed by atoms with E-state index in [0.717, 1.165) is 17.0 Å². The lowest BCUT2D eigenvalue weighted by Gasteiger charge is -2.12. The van der Waals surface area contributed by atoms with Crippen molar-refractivity contribution in [2.75, 3.05) is 10.6 Å². The Morgan fingerprint density at radius 1 is 0.963 bits per heavy atom. The molecule has 8 heteroatoms. The standard InChI is InChI=1S/C19H17FN2O4S/c1-12(19(26)22-15-4-2-13(20)3-5-15)27-16-8-6-14(7-9-16)21-17(23)10-11-18(24)25/h2-12H,1H3,(H,21,23)(H,22,26)(H,24,25)/b11-10+. The average Bonchev–Trinajstić information content (AvgIpc) is 2.63. The molecule has 0 heterocycles. The number of amides is 2. The molecule has 0 fully saturated rings. The largest absolute Gasteiger partial charge is 0.478 e. The quantitative estimate of drug-likeness (QED) is 0.498. The van der Waals surface area contributed by atoms with Crippen molar-refractivity contribution in [2.24, 2.45) is 0 Å². The first-order valence-corrected chi connectivity index (χ1v) is 8.76. The number of carbonyl (C=O) groups excluding carboxylic acids is 2. The first kappa shape index (κ1) is 20.2. The van der Waals surface area contributed by atoms with Crippen molar-refractivity contribution in [3.05, 3.63) is 66.5 Å². The van der Waals surface area contributed by atoms with Gasteiger partial charge in [0, 0.05) is 28.4 Å². The van der Waals surface area contributed by atoms with Gasteiger partial charge in [-0.2, -0.15) is 0 Å². The Morgan fingerprint density at radius 2 is 1.52 bits per heavy atom. The molecule has 3 N–H and O–H groups in total. The molecule has 0 radical (unpaired) electrons. The fraction of sp³-hybridized carbons (Fsp3) is 0.105. The number of hydrogen-bond donors (Lipinski definition) is 3. The molecule has 0 aliphatic heterocycles. The van der Waals surface area contributed by atoms with Gasteiger partial charge in [0.2, 0.25) is 11.8 Å². The minimum atomic E-state index is -1.20. The van der Waals surface area contributed by atoms with Gasteiger partial charge in [0.05, 0.1) is 5.25 Å². The van der Waals surface area contributed by atoms with Crippen molar-refractivity contribution in [1.29, 1.82) is 0 Å². The van der Waals surface area contributed by atoms with E-state index in [9.17, 15) is 18.8 Å². The monoisotopic (exact) mass is 388 g/mol. The molecular formula is C19H17FN2O4S. The molecule has 27 heavy (non-hydrogen) atoms. The highest BCUT2D eigenvalue weighted by Crippen LogP contribution is 2.25. The van der Waals surface area contributed by atoms with E-state index in [0.29, 0.717) is 11.4 Å². The van der Waals surface area contributed by atoms with Crippen LogP contribution in [0.5, 0.6) is 0 Å². The molecule has 2 amide bonds. The van der Waals surface area contributed by atoms with Crippen molar-refractivity contribution in [3.63, 3.8) is 0 Å². The summed E-state index contributed by atoms with van der Waals surface area (Å²) in [6.45, 7) is 1.75. The number of thioether (sulfide) groups is 1. The molecule has 6 nitrogen and oxygen atoms in total. The molecule has 0 saturated heterocycles. The lowest BCUT2D eigenvalue weighted by atomic mass is 10.3. The van der Waals surface area contributed by atoms with E-state index in [1.165, 1.54) is 36.0 Å². The van der Waals surface area contributed by atoms with Crippen LogP contribution in [0.1, 0.15) is 6.92 Å². The third-order valence-corrected chi connectivity index (χ3v) is 4.40. The van der Waals surface area contributed by atoms with Gasteiger partial charge in [0.15, 0.2) is 0 Å². The lowest BCUT2D eigenvalue weighted by Crippen LogP contribution is -2.22. The minimum Gasteiger partial charge on any atom is -0.478 e. The first-order chi connectivity index (χ1) is 12.8. The summed E-state index contributed by atoms with van der Waals surface area (Å²) in [5, 5.41) is 13.3. The zero-order chi connectivity index (χ0) is 19.8. The average molecular weight is 388 g/mol. The molecule has 0 saturated carbocycles. The molecule has 0 aliphatic rings. The van der Waals surface area contributed by atoms with Crippen LogP contribution in [0.15, 0.2) is 65.6 Å². The van der Waals surface area contributed by atoms with Crippen molar-refractivity contribution in [2.45, 2.75) is 17.1 Å². The first-order valence-electron chi connectivity index (χ1n) is 7.88. The second kappa shape index (κ2) is 9.54. The number of carbonyl (C=O) groups is 3. The van der Waals surface area contributed by atoms with E-state index in [4.69, 9.17) is 5.11 Å². The zero-order valence-corrected chi connectivity index (χ0v) is 15.1. The molecule has 2 rings (SSSR count). The summed E-state index contributed by atoms with van der Waals surface area (Å²) >= 11 is 1.33. The molecule has 0 aromatic heterocycles. The fourth-order valence-corrected chi connectivity index (χ4v) is 2.85. The highest BCUT2D eigenvalue weighted by atomic mass is 32.2. The van der Waals surface area contributed by atoms with Gasteiger partial charge < -0.3 is 15.7 Å². The van der Waals surface area contributed by atoms with Crippen LogP contribution in [0.25, 0.3) is 0 Å². The van der Waals surface area contributed by atoms with E-state index >= 15 is 0 Å². The van der Waals surface area contributed by atoms with Gasteiger partial charge in [0.25, 0.3) is 0 Å². The normalized spacial score (nSPS) is 11.8. The number of carboxylic acids is 1. The third kappa shape index (κ3) is 6.95. The molecule has 0 aliphatic carbocycles. The number of benzene rings is 2. The Bertz CT molecular complexity index is 851. The molecular weight excluding hydrogens is 371 g/mol. The fourth-order valence-electron chi connectivity index (χ4n) is 1.98. The van der Waals surface area contributed by atoms with Crippen molar-refractivity contribution in [3.8, 4) is 0 Å². The van der Waals surface area contributed by atoms with E-state index in [1.54, 1.807) is 31.2 Å². The molecule has 1 atom stereocenters. The van der Waals surface area contributed by atoms with Crippen LogP contribution in [0.2, 0.25) is 0 Å². The predicted octanol–water partition coefficient (Wildman–Crippen LogP) is 3.52. The van der Waals surface area contributed by atoms with Gasteiger partial charge in [0.1, 0.15) is 5.82 Å². The van der Waals surface area contributed by atoms with E-state index in [1.807, 2.05) is 0 Å². The number of hydrogen-bond acceptors (Lipinski definition) is 4. The molecule has 1 unspecified atom stereocenters. The summed E-state index contributed by atoms with van der Waals surface area (Å²) in [5.74, 6) is -2.35. The van der Waals surface area contributed by atoms with Crippen LogP contribution in [0.3, 0.4) is 0 Å². The molecule has 0 bridgehead atoms. The van der Waals surface area contributed by atoms with Crippen LogP contribution < -0.4 is 10.6 Å². The van der Waals surface area contributed by atoms with Crippen molar-refractivity contribution in [1.82, 2.24) is 0 Å². The Kier molecular flexibility index (Phi) is 7.13. The van der Waals surface area contributed by atoms with Crippen LogP contribution in [0.4, 0.5) is 15.8 Å². The second-order valence-electron chi connectivity index (χ2n) is 5.44. The number of carboxylic acid groups (broad SMARTS) is 1. The summed E-state index contributed by atoms with van der Waals surface area (Å²) in [6.07, 6.45) is 1.67. The topological polar surface area (TPSA) is 95.5 Å². The number of nitrogens with one attached hydrogen (secondary N) is 2. The van der Waals surface area contributed by atoms with Gasteiger partial charge in [-0.1, -0.05) is 0 Å². The Labute approximate surface area is 159 Å². The Morgan fingerprint density at radius 3 is 2.11 bits per heavy atom. The Hall–Kier alpha value is -3.13. The number of anilines is 2. The highest BCUT2D eigenvalue weighted by Gasteiger charge is 2.14. The minimum absolute atomic E-state index is 0.220. The smallest absolute Gasteiger partial charge is 0.328 e. The van der Waals surface area contributed by atoms with Gasteiger partial charge in [-0.15, -0.1) is 11.8 Å². The van der Waals surface area contributed by atoms with Crippen molar-refractivity contribution < 1.29 is 23.9 Å². The molecule has 2 aromatic carbocycles. The predicted molar refractivity (Wildman–Crippen MR) is 102 cm³/mol. The van der Waals surface area contributed by atoms with Crippen LogP contribution in [-0.2, 0) is 14.4 Å². The summed E-state index contributed by atoms with van der Waals surface area (Å²) < 4.78 is 12.9. The molecule has 0 spiro atoms. The van der Waals surface area contributed by atoms with E-state index < -0.39 is 17.1 Å². The van der Waals surface area contributed by atoms with Crippen LogP contribution in [0, 0.1) is 5.82 Å². The summed E-state index contributed by atoms with van der Waals surface area (Å²) in [4.78, 5) is 34.9. The Balaban J connectivity index is 1.89. The maximum Gasteiger partial charge on any atom is 0.328 e. The van der Waals surface area contributed by atoms with Crippen molar-refractivity contribution >= 4 is 40.9 Å². The number of rotatable bonds is 7. The molecule has 2 aromatic rings. The highest BCUT2D eigenvalue weighted by molar-refractivity contribution is 8.00. The van der Waals surface area contributed by atoms with E-state index in [-0.39, 0.29) is 11.7 Å². The summed E-state index contributed by atoms with van der Waals surface area (Å²) in [7, 11) is 0. The van der Waals surface area contributed by atoms with Crippen LogP contribution >= 0.6 is 11.8 Å². The number of halogens is 1.